The van der Waals surface area contributed by atoms with Crippen molar-refractivity contribution in [3.63, 3.8) is 0 Å². The van der Waals surface area contributed by atoms with Crippen LogP contribution in [0.2, 0.25) is 0 Å². The molecule has 0 aliphatic carbocycles. The lowest BCUT2D eigenvalue weighted by molar-refractivity contribution is -0.138. The summed E-state index contributed by atoms with van der Waals surface area (Å²) < 4.78 is 80.3. The molecule has 6 nitrogen and oxygen atoms in total. The van der Waals surface area contributed by atoms with Gasteiger partial charge in [0.05, 0.1) is 29.7 Å². The molecule has 2 N–H and O–H groups in total. The van der Waals surface area contributed by atoms with Gasteiger partial charge in [-0.2, -0.15) is 26.3 Å². The zero-order valence-corrected chi connectivity index (χ0v) is 17.5. The van der Waals surface area contributed by atoms with E-state index in [0.717, 1.165) is 11.6 Å². The topological polar surface area (TPSA) is 75.3 Å². The third-order valence-corrected chi connectivity index (χ3v) is 5.15. The van der Waals surface area contributed by atoms with E-state index < -0.39 is 29.9 Å². The van der Waals surface area contributed by atoms with Crippen LogP contribution in [0.5, 0.6) is 5.75 Å². The molecule has 1 atom stereocenters. The second kappa shape index (κ2) is 8.50. The summed E-state index contributed by atoms with van der Waals surface area (Å²) in [6.07, 6.45) is -8.40. The smallest absolute Gasteiger partial charge is 0.416 e. The number of halogens is 6. The Hall–Kier alpha value is -3.83. The van der Waals surface area contributed by atoms with Gasteiger partial charge >= 0.3 is 12.4 Å². The Kier molecular flexibility index (Phi) is 5.84. The van der Waals surface area contributed by atoms with E-state index in [-0.39, 0.29) is 34.5 Å². The number of anilines is 1. The predicted octanol–water partition coefficient (Wildman–Crippen LogP) is 5.79. The monoisotopic (exact) mass is 481 g/mol. The van der Waals surface area contributed by atoms with Crippen LogP contribution in [0.4, 0.5) is 32.3 Å². The average molecular weight is 481 g/mol. The maximum Gasteiger partial charge on any atom is 0.416 e. The predicted molar refractivity (Wildman–Crippen MR) is 111 cm³/mol. The number of phenols is 1. The summed E-state index contributed by atoms with van der Waals surface area (Å²) in [6, 6.07) is 8.31. The van der Waals surface area contributed by atoms with Crippen LogP contribution in [0.25, 0.3) is 16.8 Å². The number of alkyl halides is 6. The Labute approximate surface area is 188 Å². The lowest BCUT2D eigenvalue weighted by Crippen LogP contribution is -2.15. The van der Waals surface area contributed by atoms with Crippen molar-refractivity contribution in [2.45, 2.75) is 31.7 Å². The first-order valence-electron chi connectivity index (χ1n) is 9.94. The fraction of sp³-hybridized carbons (Fsp3) is 0.227. The van der Waals surface area contributed by atoms with E-state index in [0.29, 0.717) is 12.1 Å². The van der Waals surface area contributed by atoms with Crippen LogP contribution in [-0.4, -0.2) is 30.9 Å². The Morgan fingerprint density at radius 2 is 1.79 bits per heavy atom. The van der Waals surface area contributed by atoms with Crippen molar-refractivity contribution < 1.29 is 31.4 Å². The first kappa shape index (κ1) is 23.3. The van der Waals surface area contributed by atoms with Crippen molar-refractivity contribution in [1.82, 2.24) is 19.6 Å². The number of phenolic OH excluding ortho intramolecular Hbond substituents is 1. The summed E-state index contributed by atoms with van der Waals surface area (Å²) in [5, 5.41) is 20.8. The van der Waals surface area contributed by atoms with Crippen molar-refractivity contribution in [2.24, 2.45) is 0 Å². The molecule has 1 unspecified atom stereocenters. The molecule has 2 heterocycles. The van der Waals surface area contributed by atoms with Gasteiger partial charge in [-0.15, -0.1) is 10.2 Å². The number of aromatic hydroxyl groups is 1. The van der Waals surface area contributed by atoms with Crippen molar-refractivity contribution in [3.05, 3.63) is 71.7 Å². The van der Waals surface area contributed by atoms with E-state index in [1.54, 1.807) is 25.1 Å². The zero-order chi connectivity index (χ0) is 24.7. The van der Waals surface area contributed by atoms with Crippen molar-refractivity contribution >= 4 is 11.5 Å². The third-order valence-electron chi connectivity index (χ3n) is 5.15. The van der Waals surface area contributed by atoms with Crippen molar-refractivity contribution in [3.8, 4) is 17.0 Å². The number of hydrogen-bond acceptors (Lipinski definition) is 5. The zero-order valence-electron chi connectivity index (χ0n) is 17.5. The number of rotatable bonds is 5. The van der Waals surface area contributed by atoms with E-state index in [1.165, 1.54) is 23.0 Å². The highest BCUT2D eigenvalue weighted by Gasteiger charge is 2.34. The Balaban J connectivity index is 1.77. The molecule has 2 aromatic carbocycles. The van der Waals surface area contributed by atoms with Crippen LogP contribution < -0.4 is 5.32 Å². The first-order chi connectivity index (χ1) is 15.9. The number of fused-ring (bicyclic) bond motifs is 1. The molecule has 0 radical (unpaired) electrons. The average Bonchev–Trinajstić information content (AvgIpc) is 3.23. The summed E-state index contributed by atoms with van der Waals surface area (Å²) >= 11 is 0. The third kappa shape index (κ3) is 4.90. The molecule has 0 aliphatic rings. The highest BCUT2D eigenvalue weighted by atomic mass is 19.4. The minimum atomic E-state index is -4.80. The molecular formula is C22H17F6N5O. The highest BCUT2D eigenvalue weighted by molar-refractivity contribution is 5.79. The second-order valence-corrected chi connectivity index (χ2v) is 7.64. The molecule has 0 fully saturated rings. The minimum Gasteiger partial charge on any atom is -0.508 e. The van der Waals surface area contributed by atoms with Crippen LogP contribution in [0.1, 0.15) is 29.7 Å². The van der Waals surface area contributed by atoms with Gasteiger partial charge < -0.3 is 10.4 Å². The fourth-order valence-electron chi connectivity index (χ4n) is 3.56. The summed E-state index contributed by atoms with van der Waals surface area (Å²) in [5.41, 5.74) is -0.949. The number of nitrogens with zero attached hydrogens (tertiary/aromatic N) is 4. The molecule has 0 aliphatic heterocycles. The minimum absolute atomic E-state index is 0.0407. The number of aromatic nitrogens is 4. The maximum absolute atomic E-state index is 13.2. The number of nitrogens with one attached hydrogen (secondary N) is 1. The second-order valence-electron chi connectivity index (χ2n) is 7.64. The first-order valence-corrected chi connectivity index (χ1v) is 9.94. The molecule has 0 spiro atoms. The highest BCUT2D eigenvalue weighted by Crippen LogP contribution is 2.36. The number of benzene rings is 2. The quantitative estimate of drug-likeness (QED) is 0.353. The van der Waals surface area contributed by atoms with Crippen molar-refractivity contribution in [1.29, 1.82) is 0 Å². The van der Waals surface area contributed by atoms with E-state index >= 15 is 0 Å². The lowest BCUT2D eigenvalue weighted by Gasteiger charge is -2.18. The van der Waals surface area contributed by atoms with Gasteiger partial charge in [0.25, 0.3) is 0 Å². The van der Waals surface area contributed by atoms with Gasteiger partial charge in [-0.3, -0.25) is 4.40 Å². The van der Waals surface area contributed by atoms with Gasteiger partial charge in [0.15, 0.2) is 0 Å². The fourth-order valence-corrected chi connectivity index (χ4v) is 3.56. The molecule has 12 heteroatoms. The molecule has 0 bridgehead atoms. The summed E-state index contributed by atoms with van der Waals surface area (Å²) in [7, 11) is 0. The van der Waals surface area contributed by atoms with E-state index in [4.69, 9.17) is 0 Å². The normalized spacial score (nSPS) is 13.3. The summed E-state index contributed by atoms with van der Waals surface area (Å²) in [6.45, 7) is 1.80. The van der Waals surface area contributed by atoms with Gasteiger partial charge in [0, 0.05) is 5.56 Å². The van der Waals surface area contributed by atoms with E-state index in [2.05, 4.69) is 20.5 Å². The van der Waals surface area contributed by atoms with Crippen molar-refractivity contribution in [2.75, 3.05) is 5.32 Å². The molecule has 178 valence electrons. The van der Waals surface area contributed by atoms with Crippen LogP contribution in [0.3, 0.4) is 0 Å². The maximum atomic E-state index is 13.2. The van der Waals surface area contributed by atoms with Crippen LogP contribution >= 0.6 is 0 Å². The van der Waals surface area contributed by atoms with Crippen LogP contribution in [-0.2, 0) is 12.6 Å². The van der Waals surface area contributed by atoms with E-state index in [1.807, 2.05) is 0 Å². The van der Waals surface area contributed by atoms with Gasteiger partial charge in [0.2, 0.25) is 5.95 Å². The lowest BCUT2D eigenvalue weighted by atomic mass is 9.98. The van der Waals surface area contributed by atoms with Gasteiger partial charge in [-0.05, 0) is 42.3 Å². The molecule has 0 amide bonds. The Bertz CT molecular complexity index is 1330. The van der Waals surface area contributed by atoms with Crippen LogP contribution in [0, 0.1) is 0 Å². The van der Waals surface area contributed by atoms with Gasteiger partial charge in [0.1, 0.15) is 17.8 Å². The molecule has 0 saturated carbocycles. The number of hydrogen-bond donors (Lipinski definition) is 2. The molecule has 4 rings (SSSR count). The Morgan fingerprint density at radius 1 is 1.03 bits per heavy atom. The Morgan fingerprint density at radius 3 is 2.47 bits per heavy atom. The standard InChI is InChI=1S/C22H17F6N5O/c1-12(13-3-2-4-16(34)8-13)30-20-32-31-19(18-10-29-11-33(18)20)17-6-5-15(22(26,27)28)7-14(17)9-21(23,24)25/h2-8,10-12,34H,9H2,1H3,(H,30,32). The largest absolute Gasteiger partial charge is 0.508 e. The molecule has 0 saturated heterocycles. The molecular weight excluding hydrogens is 464 g/mol. The molecule has 2 aromatic heterocycles. The molecule has 34 heavy (non-hydrogen) atoms. The molecule has 4 aromatic rings. The summed E-state index contributed by atoms with van der Waals surface area (Å²) in [4.78, 5) is 4.00. The summed E-state index contributed by atoms with van der Waals surface area (Å²) in [5.74, 6) is 0.274. The van der Waals surface area contributed by atoms with Crippen LogP contribution in [0.15, 0.2) is 55.0 Å². The van der Waals surface area contributed by atoms with Gasteiger partial charge in [-0.1, -0.05) is 18.2 Å². The van der Waals surface area contributed by atoms with Gasteiger partial charge in [-0.25, -0.2) is 4.98 Å². The van der Waals surface area contributed by atoms with E-state index in [9.17, 15) is 31.4 Å². The number of imidazole rings is 1. The SMILES string of the molecule is CC(Nc1nnc(-c2ccc(C(F)(F)F)cc2CC(F)(F)F)c2cncn12)c1cccc(O)c1.